The summed E-state index contributed by atoms with van der Waals surface area (Å²) in [5.41, 5.74) is -0.209. The van der Waals surface area contributed by atoms with Crippen LogP contribution in [0.15, 0.2) is 35.7 Å². The van der Waals surface area contributed by atoms with Gasteiger partial charge in [0.15, 0.2) is 10.9 Å². The lowest BCUT2D eigenvalue weighted by molar-refractivity contribution is 0.0989. The lowest BCUT2D eigenvalue weighted by Crippen LogP contribution is -2.16. The zero-order chi connectivity index (χ0) is 15.0. The highest BCUT2D eigenvalue weighted by Crippen LogP contribution is 2.38. The Labute approximate surface area is 125 Å². The number of rotatable bonds is 5. The van der Waals surface area contributed by atoms with Crippen molar-refractivity contribution in [2.45, 2.75) is 36.2 Å². The first kappa shape index (κ1) is 14.3. The second-order valence-electron chi connectivity index (χ2n) is 5.10. The van der Waals surface area contributed by atoms with Crippen LogP contribution in [0.2, 0.25) is 0 Å². The summed E-state index contributed by atoms with van der Waals surface area (Å²) >= 11 is 1.28. The summed E-state index contributed by atoms with van der Waals surface area (Å²) in [4.78, 5) is 16.5. The van der Waals surface area contributed by atoms with E-state index in [4.69, 9.17) is 0 Å². The number of ketones is 1. The van der Waals surface area contributed by atoms with Gasteiger partial charge in [0.1, 0.15) is 11.6 Å². The van der Waals surface area contributed by atoms with Crippen molar-refractivity contribution in [2.24, 2.45) is 0 Å². The van der Waals surface area contributed by atoms with E-state index >= 15 is 0 Å². The molecule has 110 valence electrons. The molecule has 2 aromatic rings. The quantitative estimate of drug-likeness (QED) is 0.621. The smallest absolute Gasteiger partial charge is 0.179 e. The number of thioether (sulfide) groups is 1. The molecule has 1 aromatic heterocycles. The van der Waals surface area contributed by atoms with Gasteiger partial charge >= 0.3 is 0 Å². The molecule has 3 nitrogen and oxygen atoms in total. The summed E-state index contributed by atoms with van der Waals surface area (Å²) in [7, 11) is 0. The Morgan fingerprint density at radius 1 is 1.43 bits per heavy atom. The minimum absolute atomic E-state index is 0.209. The second kappa shape index (κ2) is 5.60. The zero-order valence-corrected chi connectivity index (χ0v) is 12.2. The Bertz CT molecular complexity index is 682. The number of carbonyl (C=O) groups is 1. The van der Waals surface area contributed by atoms with Crippen LogP contribution in [0.25, 0.3) is 0 Å². The number of benzene rings is 1. The van der Waals surface area contributed by atoms with Crippen molar-refractivity contribution < 1.29 is 13.6 Å². The molecule has 0 radical (unpaired) electrons. The third-order valence-corrected chi connectivity index (χ3v) is 4.51. The first-order valence-corrected chi connectivity index (χ1v) is 7.63. The van der Waals surface area contributed by atoms with Crippen LogP contribution in [0.5, 0.6) is 0 Å². The Hall–Kier alpha value is -1.69. The van der Waals surface area contributed by atoms with Gasteiger partial charge in [-0.1, -0.05) is 11.8 Å². The van der Waals surface area contributed by atoms with Crippen molar-refractivity contribution in [1.82, 2.24) is 9.55 Å². The number of carbonyl (C=O) groups excluding carboxylic acids is 1. The topological polar surface area (TPSA) is 34.9 Å². The average molecular weight is 308 g/mol. The van der Waals surface area contributed by atoms with Gasteiger partial charge in [-0.2, -0.15) is 0 Å². The molecule has 0 saturated heterocycles. The van der Waals surface area contributed by atoms with E-state index in [1.54, 1.807) is 13.1 Å². The Kier molecular flexibility index (Phi) is 3.80. The summed E-state index contributed by atoms with van der Waals surface area (Å²) in [5.74, 6) is -1.74. The molecule has 21 heavy (non-hydrogen) atoms. The number of nitrogens with zero attached hydrogens (tertiary/aromatic N) is 2. The SMILES string of the molecule is C[C@@H](Sc1nccn1C1CC1)C(=O)c1cc(F)ccc1F. The maximum absolute atomic E-state index is 13.7. The summed E-state index contributed by atoms with van der Waals surface area (Å²) in [6.45, 7) is 1.68. The predicted octanol–water partition coefficient (Wildman–Crippen LogP) is 3.86. The van der Waals surface area contributed by atoms with Crippen molar-refractivity contribution in [3.63, 3.8) is 0 Å². The number of hydrogen-bond donors (Lipinski definition) is 0. The molecule has 1 heterocycles. The lowest BCUT2D eigenvalue weighted by atomic mass is 10.1. The van der Waals surface area contributed by atoms with Crippen LogP contribution in [0.4, 0.5) is 8.78 Å². The summed E-state index contributed by atoms with van der Waals surface area (Å²) < 4.78 is 28.9. The van der Waals surface area contributed by atoms with Crippen LogP contribution in [0, 0.1) is 11.6 Å². The molecule has 1 saturated carbocycles. The number of aromatic nitrogens is 2. The number of halogens is 2. The highest BCUT2D eigenvalue weighted by Gasteiger charge is 2.28. The largest absolute Gasteiger partial charge is 0.323 e. The van der Waals surface area contributed by atoms with Crippen molar-refractivity contribution >= 4 is 17.5 Å². The summed E-state index contributed by atoms with van der Waals surface area (Å²) in [5, 5.41) is 0.219. The van der Waals surface area contributed by atoms with E-state index < -0.39 is 22.7 Å². The fourth-order valence-electron chi connectivity index (χ4n) is 2.14. The van der Waals surface area contributed by atoms with E-state index in [2.05, 4.69) is 4.98 Å². The van der Waals surface area contributed by atoms with Crippen LogP contribution in [0.3, 0.4) is 0 Å². The predicted molar refractivity (Wildman–Crippen MR) is 76.5 cm³/mol. The molecule has 1 atom stereocenters. The Morgan fingerprint density at radius 3 is 2.90 bits per heavy atom. The van der Waals surface area contributed by atoms with Gasteiger partial charge in [-0.3, -0.25) is 4.79 Å². The van der Waals surface area contributed by atoms with Gasteiger partial charge in [0.2, 0.25) is 0 Å². The first-order chi connectivity index (χ1) is 10.1. The summed E-state index contributed by atoms with van der Waals surface area (Å²) in [6, 6.07) is 3.39. The van der Waals surface area contributed by atoms with Crippen LogP contribution >= 0.6 is 11.8 Å². The van der Waals surface area contributed by atoms with Gasteiger partial charge in [0.25, 0.3) is 0 Å². The van der Waals surface area contributed by atoms with Crippen molar-refractivity contribution in [1.29, 1.82) is 0 Å². The molecule has 3 rings (SSSR count). The Balaban J connectivity index is 1.78. The van der Waals surface area contributed by atoms with E-state index in [0.29, 0.717) is 6.04 Å². The maximum Gasteiger partial charge on any atom is 0.179 e. The first-order valence-electron chi connectivity index (χ1n) is 6.75. The van der Waals surface area contributed by atoms with Crippen LogP contribution in [-0.2, 0) is 0 Å². The molecule has 6 heteroatoms. The van der Waals surface area contributed by atoms with Gasteiger partial charge in [-0.05, 0) is 38.0 Å². The number of imidazole rings is 1. The molecular formula is C15H14F2N2OS. The molecule has 0 bridgehead atoms. The van der Waals surface area contributed by atoms with Crippen LogP contribution in [-0.4, -0.2) is 20.6 Å². The van der Waals surface area contributed by atoms with Gasteiger partial charge in [-0.25, -0.2) is 13.8 Å². The molecule has 1 aromatic carbocycles. The molecule has 1 aliphatic carbocycles. The molecule has 1 aliphatic rings. The summed E-state index contributed by atoms with van der Waals surface area (Å²) in [6.07, 6.45) is 5.82. The van der Waals surface area contributed by atoms with Gasteiger partial charge in [0, 0.05) is 18.4 Å². The minimum Gasteiger partial charge on any atom is -0.323 e. The fraction of sp³-hybridized carbons (Fsp3) is 0.333. The second-order valence-corrected chi connectivity index (χ2v) is 6.40. The molecule has 0 amide bonds. The monoisotopic (exact) mass is 308 g/mol. The Morgan fingerprint density at radius 2 is 2.19 bits per heavy atom. The zero-order valence-electron chi connectivity index (χ0n) is 11.4. The molecule has 0 N–H and O–H groups in total. The highest BCUT2D eigenvalue weighted by molar-refractivity contribution is 8.00. The maximum atomic E-state index is 13.7. The van der Waals surface area contributed by atoms with E-state index in [1.807, 2.05) is 10.8 Å². The standard InChI is InChI=1S/C15H14F2N2OS/c1-9(14(20)12-8-10(16)2-5-13(12)17)21-15-18-6-7-19(15)11-3-4-11/h2,5-9,11H,3-4H2,1H3/t9-/m1/s1. The molecule has 0 aliphatic heterocycles. The van der Waals surface area contributed by atoms with Crippen molar-refractivity contribution in [2.75, 3.05) is 0 Å². The normalized spacial score (nSPS) is 16.0. The van der Waals surface area contributed by atoms with E-state index in [9.17, 15) is 13.6 Å². The van der Waals surface area contributed by atoms with Crippen LogP contribution < -0.4 is 0 Å². The lowest BCUT2D eigenvalue weighted by Gasteiger charge is -2.12. The third-order valence-electron chi connectivity index (χ3n) is 3.42. The van der Waals surface area contributed by atoms with Gasteiger partial charge in [-0.15, -0.1) is 0 Å². The van der Waals surface area contributed by atoms with Gasteiger partial charge in [0.05, 0.1) is 10.8 Å². The van der Waals surface area contributed by atoms with E-state index in [1.165, 1.54) is 11.8 Å². The minimum atomic E-state index is -0.695. The number of Topliss-reactive ketones (excluding diaryl/α,β-unsaturated/α-hetero) is 1. The van der Waals surface area contributed by atoms with Gasteiger partial charge < -0.3 is 4.57 Å². The molecular weight excluding hydrogens is 294 g/mol. The number of hydrogen-bond acceptors (Lipinski definition) is 3. The highest BCUT2D eigenvalue weighted by atomic mass is 32.2. The van der Waals surface area contributed by atoms with Crippen molar-refractivity contribution in [3.05, 3.63) is 47.8 Å². The van der Waals surface area contributed by atoms with Crippen LogP contribution in [0.1, 0.15) is 36.2 Å². The van der Waals surface area contributed by atoms with Crippen molar-refractivity contribution in [3.8, 4) is 0 Å². The molecule has 1 fully saturated rings. The average Bonchev–Trinajstić information content (AvgIpc) is 3.21. The van der Waals surface area contributed by atoms with E-state index in [0.717, 1.165) is 36.2 Å². The fourth-order valence-corrected chi connectivity index (χ4v) is 3.14. The molecule has 0 unspecified atom stereocenters. The third kappa shape index (κ3) is 3.00. The molecule has 0 spiro atoms. The van der Waals surface area contributed by atoms with E-state index in [-0.39, 0.29) is 5.56 Å².